The Kier molecular flexibility index (Phi) is 1.72. The molecule has 3 saturated heterocycles. The van der Waals surface area contributed by atoms with Crippen LogP contribution >= 0.6 is 0 Å². The van der Waals surface area contributed by atoms with Crippen molar-refractivity contribution < 1.29 is 14.2 Å². The lowest BCUT2D eigenvalue weighted by Gasteiger charge is -2.51. The van der Waals surface area contributed by atoms with Crippen LogP contribution in [0.25, 0.3) is 0 Å². The summed E-state index contributed by atoms with van der Waals surface area (Å²) in [4.78, 5) is 0. The van der Waals surface area contributed by atoms with Gasteiger partial charge in [-0.15, -0.1) is 0 Å². The molecular weight excluding hydrogens is 156 g/mol. The number of ether oxygens (including phenoxy) is 3. The monoisotopic (exact) mass is 172 g/mol. The van der Waals surface area contributed by atoms with Gasteiger partial charge in [-0.05, 0) is 0 Å². The van der Waals surface area contributed by atoms with Gasteiger partial charge >= 0.3 is 0 Å². The maximum absolute atomic E-state index is 5.58. The van der Waals surface area contributed by atoms with Crippen LogP contribution in [0, 0.1) is 11.3 Å². The SMILES string of the molecule is CC(C)(C)C12OCC(CO1)CO2. The van der Waals surface area contributed by atoms with Crippen molar-refractivity contribution in [2.24, 2.45) is 11.3 Å². The lowest BCUT2D eigenvalue weighted by molar-refractivity contribution is -0.482. The highest BCUT2D eigenvalue weighted by Crippen LogP contribution is 2.42. The van der Waals surface area contributed by atoms with E-state index in [1.165, 1.54) is 0 Å². The van der Waals surface area contributed by atoms with Crippen molar-refractivity contribution in [1.29, 1.82) is 0 Å². The van der Waals surface area contributed by atoms with E-state index < -0.39 is 5.97 Å². The molecule has 0 aromatic rings. The van der Waals surface area contributed by atoms with E-state index >= 15 is 0 Å². The van der Waals surface area contributed by atoms with Gasteiger partial charge in [0.15, 0.2) is 0 Å². The summed E-state index contributed by atoms with van der Waals surface area (Å²) in [7, 11) is 0. The third-order valence-electron chi connectivity index (χ3n) is 2.45. The van der Waals surface area contributed by atoms with Gasteiger partial charge in [-0.3, -0.25) is 0 Å². The number of rotatable bonds is 0. The molecule has 3 nitrogen and oxygen atoms in total. The van der Waals surface area contributed by atoms with Crippen molar-refractivity contribution in [2.45, 2.75) is 26.7 Å². The van der Waals surface area contributed by atoms with E-state index in [2.05, 4.69) is 20.8 Å². The molecule has 2 bridgehead atoms. The molecule has 0 unspecified atom stereocenters. The van der Waals surface area contributed by atoms with Crippen molar-refractivity contribution in [3.8, 4) is 0 Å². The molecule has 0 amide bonds. The number of hydrogen-bond donors (Lipinski definition) is 0. The Morgan fingerprint density at radius 3 is 1.67 bits per heavy atom. The molecule has 0 N–H and O–H groups in total. The van der Waals surface area contributed by atoms with Gasteiger partial charge in [-0.2, -0.15) is 0 Å². The van der Waals surface area contributed by atoms with Crippen LogP contribution in [-0.4, -0.2) is 25.8 Å². The molecule has 0 spiro atoms. The van der Waals surface area contributed by atoms with Gasteiger partial charge in [0.05, 0.1) is 19.8 Å². The summed E-state index contributed by atoms with van der Waals surface area (Å²) in [6.45, 7) is 8.53. The molecule has 70 valence electrons. The second-order valence-corrected chi connectivity index (χ2v) is 4.61. The minimum absolute atomic E-state index is 0.113. The first-order chi connectivity index (χ1) is 5.54. The van der Waals surface area contributed by atoms with E-state index in [0.29, 0.717) is 5.92 Å². The number of hydrogen-bond acceptors (Lipinski definition) is 3. The van der Waals surface area contributed by atoms with Gasteiger partial charge in [-0.25, -0.2) is 0 Å². The molecule has 0 atom stereocenters. The first-order valence-electron chi connectivity index (χ1n) is 4.45. The zero-order valence-corrected chi connectivity index (χ0v) is 7.92. The smallest absolute Gasteiger partial charge is 0.288 e. The molecule has 3 aliphatic heterocycles. The first kappa shape index (κ1) is 8.48. The number of fused-ring (bicyclic) bond motifs is 3. The Hall–Kier alpha value is -0.120. The van der Waals surface area contributed by atoms with Crippen LogP contribution in [0.2, 0.25) is 0 Å². The van der Waals surface area contributed by atoms with Crippen LogP contribution < -0.4 is 0 Å². The fourth-order valence-corrected chi connectivity index (χ4v) is 1.60. The van der Waals surface area contributed by atoms with Crippen molar-refractivity contribution in [3.63, 3.8) is 0 Å². The van der Waals surface area contributed by atoms with Crippen LogP contribution in [0.1, 0.15) is 20.8 Å². The van der Waals surface area contributed by atoms with Crippen molar-refractivity contribution in [3.05, 3.63) is 0 Å². The van der Waals surface area contributed by atoms with E-state index in [1.807, 2.05) is 0 Å². The fraction of sp³-hybridized carbons (Fsp3) is 1.00. The maximum Gasteiger partial charge on any atom is 0.288 e. The predicted octanol–water partition coefficient (Wildman–Crippen LogP) is 1.38. The van der Waals surface area contributed by atoms with Crippen molar-refractivity contribution in [2.75, 3.05) is 19.8 Å². The predicted molar refractivity (Wildman–Crippen MR) is 43.5 cm³/mol. The van der Waals surface area contributed by atoms with Gasteiger partial charge in [0, 0.05) is 11.3 Å². The third-order valence-corrected chi connectivity index (χ3v) is 2.45. The highest BCUT2D eigenvalue weighted by atomic mass is 16.9. The Morgan fingerprint density at radius 1 is 1.00 bits per heavy atom. The standard InChI is InChI=1S/C9H16O3/c1-8(2,3)9-10-4-7(5-11-9)6-12-9/h7H,4-6H2,1-3H3. The summed E-state index contributed by atoms with van der Waals surface area (Å²) in [6, 6.07) is 0. The van der Waals surface area contributed by atoms with E-state index in [0.717, 1.165) is 19.8 Å². The van der Waals surface area contributed by atoms with Gasteiger partial charge < -0.3 is 14.2 Å². The molecule has 0 aromatic carbocycles. The van der Waals surface area contributed by atoms with Crippen molar-refractivity contribution in [1.82, 2.24) is 0 Å². The normalized spacial score (nSPS) is 41.8. The summed E-state index contributed by atoms with van der Waals surface area (Å²) in [6.07, 6.45) is 0. The zero-order valence-electron chi connectivity index (χ0n) is 7.92. The minimum atomic E-state index is -0.776. The molecule has 3 aliphatic rings. The highest BCUT2D eigenvalue weighted by molar-refractivity contribution is 4.83. The summed E-state index contributed by atoms with van der Waals surface area (Å²) in [5.41, 5.74) is -0.113. The van der Waals surface area contributed by atoms with Crippen LogP contribution in [0.3, 0.4) is 0 Å². The molecule has 0 aliphatic carbocycles. The zero-order chi connectivity index (χ0) is 8.82. The average Bonchev–Trinajstić information content (AvgIpc) is 2.06. The lowest BCUT2D eigenvalue weighted by atomic mass is 9.90. The molecule has 0 radical (unpaired) electrons. The van der Waals surface area contributed by atoms with Crippen LogP contribution in [-0.2, 0) is 14.2 Å². The summed E-state index contributed by atoms with van der Waals surface area (Å²) in [5.74, 6) is -0.337. The van der Waals surface area contributed by atoms with E-state index in [1.54, 1.807) is 0 Å². The quantitative estimate of drug-likeness (QED) is 0.552. The van der Waals surface area contributed by atoms with Gasteiger partial charge in [0.25, 0.3) is 5.97 Å². The van der Waals surface area contributed by atoms with Gasteiger partial charge in [0.2, 0.25) is 0 Å². The molecule has 3 fully saturated rings. The Balaban J connectivity index is 2.19. The lowest BCUT2D eigenvalue weighted by Crippen LogP contribution is -2.60. The molecule has 3 heteroatoms. The maximum atomic E-state index is 5.58. The van der Waals surface area contributed by atoms with Gasteiger partial charge in [0.1, 0.15) is 0 Å². The average molecular weight is 172 g/mol. The molecular formula is C9H16O3. The van der Waals surface area contributed by atoms with E-state index in [4.69, 9.17) is 14.2 Å². The first-order valence-corrected chi connectivity index (χ1v) is 4.45. The van der Waals surface area contributed by atoms with E-state index in [-0.39, 0.29) is 5.41 Å². The summed E-state index contributed by atoms with van der Waals surface area (Å²) < 4.78 is 16.8. The fourth-order valence-electron chi connectivity index (χ4n) is 1.60. The third kappa shape index (κ3) is 1.08. The van der Waals surface area contributed by atoms with Crippen LogP contribution in [0.5, 0.6) is 0 Å². The Labute approximate surface area is 73.0 Å². The Morgan fingerprint density at radius 2 is 1.42 bits per heavy atom. The molecule has 0 aromatic heterocycles. The van der Waals surface area contributed by atoms with Crippen molar-refractivity contribution >= 4 is 0 Å². The minimum Gasteiger partial charge on any atom is -0.327 e. The van der Waals surface area contributed by atoms with Gasteiger partial charge in [-0.1, -0.05) is 20.8 Å². The molecule has 12 heavy (non-hydrogen) atoms. The largest absolute Gasteiger partial charge is 0.327 e. The summed E-state index contributed by atoms with van der Waals surface area (Å²) >= 11 is 0. The second-order valence-electron chi connectivity index (χ2n) is 4.61. The topological polar surface area (TPSA) is 27.7 Å². The van der Waals surface area contributed by atoms with Crippen LogP contribution in [0.4, 0.5) is 0 Å². The molecule has 3 heterocycles. The van der Waals surface area contributed by atoms with E-state index in [9.17, 15) is 0 Å². The summed E-state index contributed by atoms with van der Waals surface area (Å²) in [5, 5.41) is 0. The van der Waals surface area contributed by atoms with Crippen LogP contribution in [0.15, 0.2) is 0 Å². The highest BCUT2D eigenvalue weighted by Gasteiger charge is 2.53. The molecule has 3 rings (SSSR count). The second kappa shape index (κ2) is 2.44. The Bertz CT molecular complexity index is 161. The molecule has 0 saturated carbocycles.